The summed E-state index contributed by atoms with van der Waals surface area (Å²) < 4.78 is 17.3. The van der Waals surface area contributed by atoms with Crippen molar-refractivity contribution in [3.05, 3.63) is 85.5 Å². The van der Waals surface area contributed by atoms with Crippen molar-refractivity contribution in [1.82, 2.24) is 24.9 Å². The molecular formula is C39H47BrFN7O4. The van der Waals surface area contributed by atoms with Gasteiger partial charge >= 0.3 is 0 Å². The molecule has 4 saturated heterocycles. The molecule has 3 amide bonds. The smallest absolute Gasteiger partial charge is 0.282 e. The molecular weight excluding hydrogens is 729 g/mol. The zero-order valence-corrected chi connectivity index (χ0v) is 31.7. The first-order valence-electron chi connectivity index (χ1n) is 18.3. The fourth-order valence-corrected chi connectivity index (χ4v) is 9.25. The van der Waals surface area contributed by atoms with Crippen LogP contribution < -0.4 is 21.1 Å². The lowest BCUT2D eigenvalue weighted by molar-refractivity contribution is -0.134. The van der Waals surface area contributed by atoms with Crippen molar-refractivity contribution in [2.24, 2.45) is 12.5 Å². The lowest BCUT2D eigenvalue weighted by atomic mass is 9.71. The lowest BCUT2D eigenvalue weighted by Crippen LogP contribution is -2.48. The zero-order valence-electron chi connectivity index (χ0n) is 30.1. The van der Waals surface area contributed by atoms with Gasteiger partial charge in [0.05, 0.1) is 23.5 Å². The standard InChI is InChI=1S/C39H47BrFN7O4/c1-24-18-33(31(41)20-30(24)29-8-9-34(49)44-36(29)50)47-14-10-39(11-15-47)12-16-48(17-13-39)37(51)26-6-4-25(5-7-26)27-19-28(23-45(2)22-27)43-32-21-42-46(3)38(52)35(32)40/h4-7,18,20-21,27-29,43H,8-17,19,22-23H2,1-3H3,(H,44,49,50). The summed E-state index contributed by atoms with van der Waals surface area (Å²) in [6.07, 6.45) is 6.98. The number of hydrogen-bond donors (Lipinski definition) is 2. The number of imide groups is 1. The second-order valence-corrected chi connectivity index (χ2v) is 16.2. The van der Waals surface area contributed by atoms with E-state index in [4.69, 9.17) is 0 Å². The van der Waals surface area contributed by atoms with Gasteiger partial charge in [0.1, 0.15) is 10.3 Å². The van der Waals surface area contributed by atoms with Crippen molar-refractivity contribution in [2.45, 2.75) is 69.7 Å². The van der Waals surface area contributed by atoms with Crippen LogP contribution in [-0.4, -0.2) is 89.7 Å². The Morgan fingerprint density at radius 2 is 1.69 bits per heavy atom. The van der Waals surface area contributed by atoms with Crippen molar-refractivity contribution in [3.8, 4) is 0 Å². The molecule has 11 nitrogen and oxygen atoms in total. The summed E-state index contributed by atoms with van der Waals surface area (Å²) in [5.41, 5.74) is 4.64. The highest BCUT2D eigenvalue weighted by atomic mass is 79.9. The number of aromatic nitrogens is 2. The first kappa shape index (κ1) is 36.3. The number of likely N-dealkylation sites (tertiary alicyclic amines) is 2. The zero-order chi connectivity index (χ0) is 36.7. The Morgan fingerprint density at radius 1 is 1.00 bits per heavy atom. The van der Waals surface area contributed by atoms with Crippen molar-refractivity contribution >= 4 is 45.0 Å². The van der Waals surface area contributed by atoms with Crippen LogP contribution in [0.3, 0.4) is 0 Å². The normalized spacial score (nSPS) is 23.8. The van der Waals surface area contributed by atoms with Crippen LogP contribution in [0.4, 0.5) is 15.8 Å². The van der Waals surface area contributed by atoms with Gasteiger partial charge in [-0.05, 0) is 121 Å². The maximum atomic E-state index is 15.5. The largest absolute Gasteiger partial charge is 0.379 e. The summed E-state index contributed by atoms with van der Waals surface area (Å²) in [7, 11) is 3.73. The first-order valence-corrected chi connectivity index (χ1v) is 19.1. The van der Waals surface area contributed by atoms with Gasteiger partial charge in [0, 0.05) is 64.3 Å². The van der Waals surface area contributed by atoms with E-state index >= 15 is 4.39 Å². The van der Waals surface area contributed by atoms with Gasteiger partial charge < -0.3 is 20.0 Å². The van der Waals surface area contributed by atoms with E-state index in [2.05, 4.69) is 60.6 Å². The van der Waals surface area contributed by atoms with Crippen LogP contribution >= 0.6 is 15.9 Å². The number of piperidine rings is 4. The molecule has 0 aliphatic carbocycles. The maximum Gasteiger partial charge on any atom is 0.282 e. The molecule has 0 saturated carbocycles. The molecule has 4 aliphatic heterocycles. The molecule has 7 rings (SSSR count). The number of carbonyl (C=O) groups is 3. The second-order valence-electron chi connectivity index (χ2n) is 15.4. The molecule has 0 radical (unpaired) electrons. The van der Waals surface area contributed by atoms with Gasteiger partial charge in [-0.25, -0.2) is 9.07 Å². The average Bonchev–Trinajstić information content (AvgIpc) is 3.13. The fourth-order valence-electron chi connectivity index (χ4n) is 8.77. The number of benzene rings is 2. The van der Waals surface area contributed by atoms with Gasteiger partial charge in [-0.2, -0.15) is 5.10 Å². The number of halogens is 2. The Balaban J connectivity index is 0.923. The van der Waals surface area contributed by atoms with Gasteiger partial charge in [-0.3, -0.25) is 24.5 Å². The van der Waals surface area contributed by atoms with Gasteiger partial charge in [-0.1, -0.05) is 12.1 Å². The highest BCUT2D eigenvalue weighted by molar-refractivity contribution is 9.10. The summed E-state index contributed by atoms with van der Waals surface area (Å²) >= 11 is 3.42. The Hall–Kier alpha value is -4.10. The number of nitrogens with zero attached hydrogens (tertiary/aromatic N) is 5. The van der Waals surface area contributed by atoms with Gasteiger partial charge in [0.2, 0.25) is 11.8 Å². The third-order valence-corrected chi connectivity index (χ3v) is 12.7. The summed E-state index contributed by atoms with van der Waals surface area (Å²) in [5.74, 6) is -1.12. The van der Waals surface area contributed by atoms with E-state index in [1.54, 1.807) is 13.2 Å². The fraction of sp³-hybridized carbons (Fsp3) is 0.513. The van der Waals surface area contributed by atoms with Crippen molar-refractivity contribution in [1.29, 1.82) is 0 Å². The van der Waals surface area contributed by atoms with Crippen LogP contribution in [0.25, 0.3) is 0 Å². The molecule has 276 valence electrons. The molecule has 2 aromatic carbocycles. The number of likely N-dealkylation sites (N-methyl/N-ethyl adjacent to an activating group) is 1. The minimum atomic E-state index is -0.507. The van der Waals surface area contributed by atoms with Gasteiger partial charge in [0.25, 0.3) is 11.5 Å². The summed E-state index contributed by atoms with van der Waals surface area (Å²) in [6, 6.07) is 11.6. The molecule has 1 aromatic heterocycles. The number of anilines is 2. The molecule has 3 unspecified atom stereocenters. The SMILES string of the molecule is Cc1cc(N2CCC3(CCN(C(=O)c4ccc(C5CC(Nc6cnn(C)c(=O)c6Br)CN(C)C5)cc4)CC3)CC2)c(F)cc1C1CCC(=O)NC1=O. The highest BCUT2D eigenvalue weighted by Gasteiger charge is 2.39. The number of carbonyl (C=O) groups excluding carboxylic acids is 3. The third kappa shape index (κ3) is 7.39. The van der Waals surface area contributed by atoms with E-state index in [1.165, 1.54) is 16.3 Å². The number of nitrogens with one attached hydrogen (secondary N) is 2. The van der Waals surface area contributed by atoms with E-state index in [-0.39, 0.29) is 52.9 Å². The number of amides is 3. The van der Waals surface area contributed by atoms with E-state index in [0.717, 1.165) is 63.8 Å². The Morgan fingerprint density at radius 3 is 2.38 bits per heavy atom. The van der Waals surface area contributed by atoms with Crippen LogP contribution in [0.1, 0.15) is 83.8 Å². The van der Waals surface area contributed by atoms with Crippen LogP contribution in [-0.2, 0) is 16.6 Å². The average molecular weight is 777 g/mol. The second kappa shape index (κ2) is 14.7. The minimum Gasteiger partial charge on any atom is -0.379 e. The summed E-state index contributed by atoms with van der Waals surface area (Å²) in [5, 5.41) is 10.1. The van der Waals surface area contributed by atoms with Gasteiger partial charge in [-0.15, -0.1) is 0 Å². The van der Waals surface area contributed by atoms with E-state index in [0.29, 0.717) is 46.5 Å². The lowest BCUT2D eigenvalue weighted by Gasteiger charge is -2.47. The molecule has 52 heavy (non-hydrogen) atoms. The monoisotopic (exact) mass is 775 g/mol. The summed E-state index contributed by atoms with van der Waals surface area (Å²) in [6.45, 7) is 6.57. The van der Waals surface area contributed by atoms with Gasteiger partial charge in [0.15, 0.2) is 0 Å². The molecule has 0 bridgehead atoms. The van der Waals surface area contributed by atoms with Crippen LogP contribution in [0.2, 0.25) is 0 Å². The quantitative estimate of drug-likeness (QED) is 0.339. The molecule has 3 atom stereocenters. The van der Waals surface area contributed by atoms with Crippen LogP contribution in [0.15, 0.2) is 51.9 Å². The number of rotatable bonds is 6. The number of hydrogen-bond acceptors (Lipinski definition) is 8. The Kier molecular flexibility index (Phi) is 10.3. The van der Waals surface area contributed by atoms with Crippen molar-refractivity contribution < 1.29 is 18.8 Å². The first-order chi connectivity index (χ1) is 24.9. The Bertz CT molecular complexity index is 1920. The van der Waals surface area contributed by atoms with E-state index in [1.807, 2.05) is 30.0 Å². The summed E-state index contributed by atoms with van der Waals surface area (Å²) in [4.78, 5) is 56.4. The molecule has 5 heterocycles. The molecule has 2 N–H and O–H groups in total. The third-order valence-electron chi connectivity index (χ3n) is 11.9. The molecule has 3 aromatic rings. The molecule has 4 aliphatic rings. The predicted octanol–water partition coefficient (Wildman–Crippen LogP) is 4.93. The van der Waals surface area contributed by atoms with E-state index < -0.39 is 5.92 Å². The van der Waals surface area contributed by atoms with E-state index in [9.17, 15) is 19.2 Å². The highest BCUT2D eigenvalue weighted by Crippen LogP contribution is 2.43. The molecule has 4 fully saturated rings. The number of aryl methyl sites for hydroxylation is 2. The predicted molar refractivity (Wildman–Crippen MR) is 201 cm³/mol. The molecule has 13 heteroatoms. The molecule has 1 spiro atoms. The maximum absolute atomic E-state index is 15.5. The van der Waals surface area contributed by atoms with Crippen molar-refractivity contribution in [3.63, 3.8) is 0 Å². The Labute approximate surface area is 312 Å². The minimum absolute atomic E-state index is 0.0656. The van der Waals surface area contributed by atoms with Crippen LogP contribution in [0.5, 0.6) is 0 Å². The topological polar surface area (TPSA) is 120 Å². The van der Waals surface area contributed by atoms with Crippen molar-refractivity contribution in [2.75, 3.05) is 56.5 Å². The van der Waals surface area contributed by atoms with Crippen LogP contribution in [0, 0.1) is 18.2 Å².